The van der Waals surface area contributed by atoms with Crippen LogP contribution in [0.15, 0.2) is 59.1 Å². The molecule has 4 heteroatoms. The molecule has 0 aliphatic rings. The van der Waals surface area contributed by atoms with Gasteiger partial charge in [-0.2, -0.15) is 0 Å². The first kappa shape index (κ1) is 14.8. The van der Waals surface area contributed by atoms with Crippen LogP contribution in [0, 0.1) is 0 Å². The Morgan fingerprint density at radius 3 is 2.40 bits per heavy atom. The van der Waals surface area contributed by atoms with Gasteiger partial charge in [-0.05, 0) is 36.2 Å². The molecule has 1 amide bonds. The van der Waals surface area contributed by atoms with Crippen molar-refractivity contribution in [3.05, 3.63) is 64.6 Å². The summed E-state index contributed by atoms with van der Waals surface area (Å²) in [5.41, 5.74) is 7.93. The lowest BCUT2D eigenvalue weighted by atomic mass is 10.0. The number of carbonyl (C=O) groups is 1. The maximum atomic E-state index is 11.9. The smallest absolute Gasteiger partial charge is 0.224 e. The maximum Gasteiger partial charge on any atom is 0.224 e. The highest BCUT2D eigenvalue weighted by Gasteiger charge is 2.09. The molecule has 0 heterocycles. The molecule has 0 radical (unpaired) electrons. The van der Waals surface area contributed by atoms with Crippen LogP contribution >= 0.6 is 15.9 Å². The van der Waals surface area contributed by atoms with Crippen LogP contribution in [0.1, 0.15) is 24.4 Å². The van der Waals surface area contributed by atoms with E-state index < -0.39 is 0 Å². The Morgan fingerprint density at radius 1 is 1.10 bits per heavy atom. The number of hydrogen-bond donors (Lipinski definition) is 2. The second kappa shape index (κ2) is 7.22. The summed E-state index contributed by atoms with van der Waals surface area (Å²) in [6, 6.07) is 17.2. The van der Waals surface area contributed by atoms with Crippen molar-refractivity contribution in [1.82, 2.24) is 0 Å². The van der Waals surface area contributed by atoms with E-state index >= 15 is 0 Å². The molecular formula is C16H17BrN2O. The summed E-state index contributed by atoms with van der Waals surface area (Å²) in [4.78, 5) is 11.9. The monoisotopic (exact) mass is 332 g/mol. The fourth-order valence-corrected chi connectivity index (χ4v) is 2.17. The third-order valence-corrected chi connectivity index (χ3v) is 3.57. The largest absolute Gasteiger partial charge is 0.326 e. The average molecular weight is 333 g/mol. The highest BCUT2D eigenvalue weighted by atomic mass is 79.9. The molecule has 2 aromatic carbocycles. The first-order valence-electron chi connectivity index (χ1n) is 6.51. The van der Waals surface area contributed by atoms with Gasteiger partial charge in [0.1, 0.15) is 0 Å². The number of rotatable bonds is 5. The van der Waals surface area contributed by atoms with E-state index in [9.17, 15) is 4.79 Å². The Balaban J connectivity index is 1.82. The number of halogens is 1. The number of anilines is 1. The van der Waals surface area contributed by atoms with Gasteiger partial charge in [0.15, 0.2) is 0 Å². The number of nitrogens with one attached hydrogen (secondary N) is 1. The fraction of sp³-hybridized carbons (Fsp3) is 0.188. The number of hydrogen-bond acceptors (Lipinski definition) is 2. The predicted octanol–water partition coefficient (Wildman–Crippen LogP) is 3.87. The highest BCUT2D eigenvalue weighted by Crippen LogP contribution is 2.17. The molecule has 0 spiro atoms. The Morgan fingerprint density at radius 2 is 1.75 bits per heavy atom. The average Bonchev–Trinajstić information content (AvgIpc) is 2.48. The van der Waals surface area contributed by atoms with E-state index in [4.69, 9.17) is 5.73 Å². The first-order chi connectivity index (χ1) is 9.65. The van der Waals surface area contributed by atoms with Crippen molar-refractivity contribution >= 4 is 27.5 Å². The maximum absolute atomic E-state index is 11.9. The van der Waals surface area contributed by atoms with E-state index in [2.05, 4.69) is 21.2 Å². The van der Waals surface area contributed by atoms with E-state index in [1.807, 2.05) is 54.6 Å². The van der Waals surface area contributed by atoms with E-state index in [-0.39, 0.29) is 11.9 Å². The second-order valence-corrected chi connectivity index (χ2v) is 5.53. The summed E-state index contributed by atoms with van der Waals surface area (Å²) in [7, 11) is 0. The highest BCUT2D eigenvalue weighted by molar-refractivity contribution is 9.10. The molecule has 0 saturated heterocycles. The summed E-state index contributed by atoms with van der Waals surface area (Å²) in [5, 5.41) is 2.86. The molecule has 0 aliphatic carbocycles. The summed E-state index contributed by atoms with van der Waals surface area (Å²) >= 11 is 3.36. The van der Waals surface area contributed by atoms with Crippen LogP contribution in [0.2, 0.25) is 0 Å². The van der Waals surface area contributed by atoms with Crippen molar-refractivity contribution in [1.29, 1.82) is 0 Å². The van der Waals surface area contributed by atoms with Gasteiger partial charge in [0.2, 0.25) is 5.91 Å². The van der Waals surface area contributed by atoms with Gasteiger partial charge in [0.25, 0.3) is 0 Å². The topological polar surface area (TPSA) is 55.1 Å². The lowest BCUT2D eigenvalue weighted by molar-refractivity contribution is -0.116. The van der Waals surface area contributed by atoms with Crippen molar-refractivity contribution < 1.29 is 4.79 Å². The van der Waals surface area contributed by atoms with Gasteiger partial charge in [0, 0.05) is 22.6 Å². The number of amides is 1. The van der Waals surface area contributed by atoms with Crippen molar-refractivity contribution in [2.75, 3.05) is 5.32 Å². The van der Waals surface area contributed by atoms with Crippen LogP contribution in [-0.4, -0.2) is 5.91 Å². The van der Waals surface area contributed by atoms with Gasteiger partial charge < -0.3 is 11.1 Å². The standard InChI is InChI=1S/C16H17BrN2O/c17-13-6-8-14(9-7-13)19-16(20)11-10-15(18)12-4-2-1-3-5-12/h1-9,15H,10-11,18H2,(H,19,20). The predicted molar refractivity (Wildman–Crippen MR) is 85.4 cm³/mol. The third-order valence-electron chi connectivity index (χ3n) is 3.04. The van der Waals surface area contributed by atoms with Crippen LogP contribution < -0.4 is 11.1 Å². The van der Waals surface area contributed by atoms with Crippen molar-refractivity contribution in [2.24, 2.45) is 5.73 Å². The SMILES string of the molecule is NC(CCC(=O)Nc1ccc(Br)cc1)c1ccccc1. The fourth-order valence-electron chi connectivity index (χ4n) is 1.91. The van der Waals surface area contributed by atoms with Gasteiger partial charge >= 0.3 is 0 Å². The van der Waals surface area contributed by atoms with Crippen LogP contribution in [0.25, 0.3) is 0 Å². The van der Waals surface area contributed by atoms with Gasteiger partial charge in [-0.1, -0.05) is 46.3 Å². The zero-order valence-electron chi connectivity index (χ0n) is 11.1. The molecule has 1 unspecified atom stereocenters. The number of nitrogens with two attached hydrogens (primary N) is 1. The molecule has 3 N–H and O–H groups in total. The third kappa shape index (κ3) is 4.47. The second-order valence-electron chi connectivity index (χ2n) is 4.61. The molecule has 1 atom stereocenters. The molecular weight excluding hydrogens is 316 g/mol. The number of carbonyl (C=O) groups excluding carboxylic acids is 1. The lowest BCUT2D eigenvalue weighted by Gasteiger charge is -2.12. The van der Waals surface area contributed by atoms with Gasteiger partial charge in [-0.15, -0.1) is 0 Å². The molecule has 2 rings (SSSR count). The molecule has 0 bridgehead atoms. The minimum absolute atomic E-state index is 0.0151. The molecule has 0 saturated carbocycles. The number of benzene rings is 2. The Labute approximate surface area is 127 Å². The zero-order chi connectivity index (χ0) is 14.4. The van der Waals surface area contributed by atoms with Crippen LogP contribution in [0.4, 0.5) is 5.69 Å². The Kier molecular flexibility index (Phi) is 5.32. The van der Waals surface area contributed by atoms with Gasteiger partial charge in [-0.25, -0.2) is 0 Å². The quantitative estimate of drug-likeness (QED) is 0.873. The molecule has 0 fully saturated rings. The lowest BCUT2D eigenvalue weighted by Crippen LogP contribution is -2.16. The van der Waals surface area contributed by atoms with Crippen molar-refractivity contribution in [3.63, 3.8) is 0 Å². The molecule has 0 aliphatic heterocycles. The molecule has 20 heavy (non-hydrogen) atoms. The van der Waals surface area contributed by atoms with E-state index in [1.165, 1.54) is 0 Å². The van der Waals surface area contributed by atoms with Crippen LogP contribution in [0.5, 0.6) is 0 Å². The van der Waals surface area contributed by atoms with Gasteiger partial charge in [0.05, 0.1) is 0 Å². The van der Waals surface area contributed by atoms with E-state index in [0.29, 0.717) is 12.8 Å². The Hall–Kier alpha value is -1.65. The van der Waals surface area contributed by atoms with Crippen LogP contribution in [-0.2, 0) is 4.79 Å². The van der Waals surface area contributed by atoms with E-state index in [0.717, 1.165) is 15.7 Å². The van der Waals surface area contributed by atoms with Gasteiger partial charge in [-0.3, -0.25) is 4.79 Å². The van der Waals surface area contributed by atoms with Crippen molar-refractivity contribution in [2.45, 2.75) is 18.9 Å². The molecule has 104 valence electrons. The van der Waals surface area contributed by atoms with E-state index in [1.54, 1.807) is 0 Å². The first-order valence-corrected chi connectivity index (χ1v) is 7.30. The Bertz CT molecular complexity index is 554. The molecule has 2 aromatic rings. The zero-order valence-corrected chi connectivity index (χ0v) is 12.6. The minimum Gasteiger partial charge on any atom is -0.326 e. The minimum atomic E-state index is -0.105. The van der Waals surface area contributed by atoms with Crippen molar-refractivity contribution in [3.8, 4) is 0 Å². The molecule has 3 nitrogen and oxygen atoms in total. The summed E-state index contributed by atoms with van der Waals surface area (Å²) in [6.07, 6.45) is 1.04. The summed E-state index contributed by atoms with van der Waals surface area (Å²) in [5.74, 6) is -0.0151. The normalized spacial score (nSPS) is 11.9. The van der Waals surface area contributed by atoms with Crippen LogP contribution in [0.3, 0.4) is 0 Å². The molecule has 0 aromatic heterocycles. The summed E-state index contributed by atoms with van der Waals surface area (Å²) < 4.78 is 0.988. The summed E-state index contributed by atoms with van der Waals surface area (Å²) in [6.45, 7) is 0.